The van der Waals surface area contributed by atoms with Gasteiger partial charge in [-0.05, 0) is 37.4 Å². The van der Waals surface area contributed by atoms with E-state index in [1.165, 1.54) is 30.3 Å². The van der Waals surface area contributed by atoms with Crippen LogP contribution in [0, 0.1) is 0 Å². The molecule has 2 aromatic carbocycles. The molecule has 2 amide bonds. The SMILES string of the molecule is CNCCS(=O)(=O)c1ccc2nc(NC(=O)c3cccc(C(N)=O)c3Cl)sc2c1. The van der Waals surface area contributed by atoms with Gasteiger partial charge in [-0.25, -0.2) is 13.4 Å². The first-order valence-corrected chi connectivity index (χ1v) is 11.2. The Morgan fingerprint density at radius 1 is 1.21 bits per heavy atom. The standard InChI is InChI=1S/C18H17ClN4O4S2/c1-21-7-8-29(26,27)10-5-6-13-14(9-10)28-18(22-13)23-17(25)12-4-2-3-11(15(12)19)16(20)24/h2-6,9,21H,7-8H2,1H3,(H2,20,24)(H,22,23,25). The molecule has 0 spiro atoms. The third-order valence-corrected chi connectivity index (χ3v) is 7.12. The minimum atomic E-state index is -3.42. The number of nitrogens with one attached hydrogen (secondary N) is 2. The number of sulfone groups is 1. The van der Waals surface area contributed by atoms with Gasteiger partial charge in [0.25, 0.3) is 5.91 Å². The summed E-state index contributed by atoms with van der Waals surface area (Å²) in [7, 11) is -1.74. The number of nitrogens with two attached hydrogens (primary N) is 1. The molecule has 152 valence electrons. The van der Waals surface area contributed by atoms with Gasteiger partial charge in [-0.3, -0.25) is 14.9 Å². The number of amides is 2. The molecule has 0 radical (unpaired) electrons. The highest BCUT2D eigenvalue weighted by atomic mass is 35.5. The zero-order valence-corrected chi connectivity index (χ0v) is 17.6. The molecule has 0 aliphatic heterocycles. The Morgan fingerprint density at radius 2 is 1.93 bits per heavy atom. The first-order chi connectivity index (χ1) is 13.7. The van der Waals surface area contributed by atoms with E-state index in [-0.39, 0.29) is 31.9 Å². The number of hydrogen-bond acceptors (Lipinski definition) is 7. The number of benzene rings is 2. The van der Waals surface area contributed by atoms with E-state index in [0.29, 0.717) is 16.8 Å². The van der Waals surface area contributed by atoms with Gasteiger partial charge in [0.2, 0.25) is 5.91 Å². The van der Waals surface area contributed by atoms with Crippen LogP contribution in [0.2, 0.25) is 5.02 Å². The van der Waals surface area contributed by atoms with E-state index in [0.717, 1.165) is 11.3 Å². The molecular formula is C18H17ClN4O4S2. The van der Waals surface area contributed by atoms with Crippen molar-refractivity contribution in [2.75, 3.05) is 24.7 Å². The molecule has 0 bridgehead atoms. The van der Waals surface area contributed by atoms with E-state index >= 15 is 0 Å². The third kappa shape index (κ3) is 4.56. The van der Waals surface area contributed by atoms with Crippen LogP contribution in [0.1, 0.15) is 20.7 Å². The molecule has 0 unspecified atom stereocenters. The molecule has 0 saturated heterocycles. The fourth-order valence-corrected chi connectivity index (χ4v) is 5.13. The lowest BCUT2D eigenvalue weighted by Crippen LogP contribution is -2.19. The minimum Gasteiger partial charge on any atom is -0.366 e. The summed E-state index contributed by atoms with van der Waals surface area (Å²) in [5, 5.41) is 5.66. The van der Waals surface area contributed by atoms with Gasteiger partial charge in [-0.15, -0.1) is 0 Å². The monoisotopic (exact) mass is 452 g/mol. The average Bonchev–Trinajstić information content (AvgIpc) is 3.07. The molecule has 1 heterocycles. The number of carbonyl (C=O) groups excluding carboxylic acids is 2. The van der Waals surface area contributed by atoms with Crippen LogP contribution in [-0.4, -0.2) is 44.6 Å². The highest BCUT2D eigenvalue weighted by Crippen LogP contribution is 2.29. The molecule has 0 atom stereocenters. The molecule has 1 aromatic heterocycles. The van der Waals surface area contributed by atoms with Crippen molar-refractivity contribution >= 4 is 59.9 Å². The molecule has 0 fully saturated rings. The Balaban J connectivity index is 1.87. The molecule has 29 heavy (non-hydrogen) atoms. The Labute approximate surface area is 176 Å². The minimum absolute atomic E-state index is 0.0217. The van der Waals surface area contributed by atoms with Crippen molar-refractivity contribution < 1.29 is 18.0 Å². The van der Waals surface area contributed by atoms with Crippen LogP contribution in [0.4, 0.5) is 5.13 Å². The highest BCUT2D eigenvalue weighted by molar-refractivity contribution is 7.91. The van der Waals surface area contributed by atoms with Gasteiger partial charge in [-0.1, -0.05) is 29.0 Å². The summed E-state index contributed by atoms with van der Waals surface area (Å²) in [6.45, 7) is 0.343. The summed E-state index contributed by atoms with van der Waals surface area (Å²) in [6, 6.07) is 9.01. The van der Waals surface area contributed by atoms with Crippen molar-refractivity contribution in [1.29, 1.82) is 0 Å². The summed E-state index contributed by atoms with van der Waals surface area (Å²) >= 11 is 7.24. The molecule has 8 nitrogen and oxygen atoms in total. The second kappa shape index (κ2) is 8.46. The van der Waals surface area contributed by atoms with Gasteiger partial charge in [0.15, 0.2) is 15.0 Å². The Morgan fingerprint density at radius 3 is 2.62 bits per heavy atom. The van der Waals surface area contributed by atoms with Gasteiger partial charge in [0, 0.05) is 6.54 Å². The van der Waals surface area contributed by atoms with E-state index < -0.39 is 21.7 Å². The lowest BCUT2D eigenvalue weighted by molar-refractivity contribution is 0.100. The zero-order chi connectivity index (χ0) is 21.2. The summed E-state index contributed by atoms with van der Waals surface area (Å²) in [4.78, 5) is 28.4. The van der Waals surface area contributed by atoms with Gasteiger partial charge >= 0.3 is 0 Å². The van der Waals surface area contributed by atoms with Gasteiger partial charge in [0.05, 0.1) is 37.0 Å². The molecule has 0 aliphatic rings. The van der Waals surface area contributed by atoms with Crippen molar-refractivity contribution in [2.24, 2.45) is 5.73 Å². The van der Waals surface area contributed by atoms with E-state index in [2.05, 4.69) is 15.6 Å². The van der Waals surface area contributed by atoms with Crippen LogP contribution in [0.3, 0.4) is 0 Å². The fraction of sp³-hybridized carbons (Fsp3) is 0.167. The number of primary amides is 1. The number of carbonyl (C=O) groups is 2. The number of anilines is 1. The van der Waals surface area contributed by atoms with Crippen molar-refractivity contribution in [1.82, 2.24) is 10.3 Å². The lowest BCUT2D eigenvalue weighted by Gasteiger charge is -2.06. The maximum atomic E-state index is 12.5. The topological polar surface area (TPSA) is 131 Å². The molecule has 11 heteroatoms. The second-order valence-electron chi connectivity index (χ2n) is 6.06. The van der Waals surface area contributed by atoms with E-state index in [9.17, 15) is 18.0 Å². The van der Waals surface area contributed by atoms with Gasteiger partial charge in [0.1, 0.15) is 0 Å². The van der Waals surface area contributed by atoms with E-state index in [4.69, 9.17) is 17.3 Å². The van der Waals surface area contributed by atoms with Gasteiger partial charge in [-0.2, -0.15) is 0 Å². The number of halogens is 1. The lowest BCUT2D eigenvalue weighted by atomic mass is 10.1. The molecule has 3 aromatic rings. The first-order valence-electron chi connectivity index (χ1n) is 8.40. The quantitative estimate of drug-likeness (QED) is 0.504. The molecular weight excluding hydrogens is 436 g/mol. The third-order valence-electron chi connectivity index (χ3n) is 4.07. The average molecular weight is 453 g/mol. The summed E-state index contributed by atoms with van der Waals surface area (Å²) < 4.78 is 25.3. The summed E-state index contributed by atoms with van der Waals surface area (Å²) in [5.41, 5.74) is 5.92. The summed E-state index contributed by atoms with van der Waals surface area (Å²) in [6.07, 6.45) is 0. The highest BCUT2D eigenvalue weighted by Gasteiger charge is 2.19. The molecule has 0 aliphatic carbocycles. The van der Waals surface area contributed by atoms with Crippen molar-refractivity contribution in [3.05, 3.63) is 52.5 Å². The van der Waals surface area contributed by atoms with Gasteiger partial charge < -0.3 is 11.1 Å². The zero-order valence-electron chi connectivity index (χ0n) is 15.2. The predicted molar refractivity (Wildman–Crippen MR) is 114 cm³/mol. The Kier molecular flexibility index (Phi) is 6.18. The first kappa shape index (κ1) is 21.2. The van der Waals surface area contributed by atoms with Crippen LogP contribution in [0.15, 0.2) is 41.3 Å². The number of fused-ring (bicyclic) bond motifs is 1. The van der Waals surface area contributed by atoms with Crippen LogP contribution >= 0.6 is 22.9 Å². The number of aromatic nitrogens is 1. The fourth-order valence-electron chi connectivity index (χ4n) is 2.57. The van der Waals surface area contributed by atoms with Crippen LogP contribution < -0.4 is 16.4 Å². The molecule has 3 rings (SSSR count). The normalized spacial score (nSPS) is 11.5. The van der Waals surface area contributed by atoms with E-state index in [1.807, 2.05) is 0 Å². The van der Waals surface area contributed by atoms with Crippen LogP contribution in [0.25, 0.3) is 10.2 Å². The molecule has 4 N–H and O–H groups in total. The number of nitrogens with zero attached hydrogens (tertiary/aromatic N) is 1. The Bertz CT molecular complexity index is 1210. The second-order valence-corrected chi connectivity index (χ2v) is 9.57. The largest absolute Gasteiger partial charge is 0.366 e. The summed E-state index contributed by atoms with van der Waals surface area (Å²) in [5.74, 6) is -1.32. The van der Waals surface area contributed by atoms with E-state index in [1.54, 1.807) is 13.1 Å². The number of thiazole rings is 1. The van der Waals surface area contributed by atoms with Crippen molar-refractivity contribution in [2.45, 2.75) is 4.90 Å². The predicted octanol–water partition coefficient (Wildman–Crippen LogP) is 2.29. The maximum absolute atomic E-state index is 12.5. The Hall–Kier alpha value is -2.53. The number of hydrogen-bond donors (Lipinski definition) is 3. The molecule has 0 saturated carbocycles. The van der Waals surface area contributed by atoms with Crippen molar-refractivity contribution in [3.8, 4) is 0 Å². The van der Waals surface area contributed by atoms with Crippen LogP contribution in [-0.2, 0) is 9.84 Å². The maximum Gasteiger partial charge on any atom is 0.258 e. The number of rotatable bonds is 7. The van der Waals surface area contributed by atoms with Crippen LogP contribution in [0.5, 0.6) is 0 Å². The smallest absolute Gasteiger partial charge is 0.258 e. The van der Waals surface area contributed by atoms with Crippen molar-refractivity contribution in [3.63, 3.8) is 0 Å².